The second kappa shape index (κ2) is 6.57. The van der Waals surface area contributed by atoms with Crippen molar-refractivity contribution < 1.29 is 9.53 Å². The number of ether oxygens (including phenoxy) is 1. The highest BCUT2D eigenvalue weighted by Crippen LogP contribution is 2.18. The number of nitrogens with zero attached hydrogens (tertiary/aromatic N) is 1. The van der Waals surface area contributed by atoms with Crippen molar-refractivity contribution in [2.45, 2.75) is 25.3 Å². The molecule has 0 bridgehead atoms. The summed E-state index contributed by atoms with van der Waals surface area (Å²) < 4.78 is 5.29. The van der Waals surface area contributed by atoms with Crippen LogP contribution in [0.3, 0.4) is 0 Å². The van der Waals surface area contributed by atoms with E-state index in [-0.39, 0.29) is 5.91 Å². The van der Waals surface area contributed by atoms with Crippen LogP contribution in [0.15, 0.2) is 24.3 Å². The summed E-state index contributed by atoms with van der Waals surface area (Å²) in [7, 11) is 3.74. The smallest absolute Gasteiger partial charge is 0.220 e. The molecule has 1 unspecified atom stereocenters. The van der Waals surface area contributed by atoms with Crippen LogP contribution < -0.4 is 10.1 Å². The molecule has 19 heavy (non-hydrogen) atoms. The zero-order valence-corrected chi connectivity index (χ0v) is 11.7. The van der Waals surface area contributed by atoms with Gasteiger partial charge in [-0.1, -0.05) is 18.2 Å². The molecular formula is C15H22N2O2. The lowest BCUT2D eigenvalue weighted by atomic mass is 10.1. The van der Waals surface area contributed by atoms with Crippen LogP contribution in [0.5, 0.6) is 5.75 Å². The molecule has 1 N–H and O–H groups in total. The summed E-state index contributed by atoms with van der Waals surface area (Å²) >= 11 is 0. The van der Waals surface area contributed by atoms with Gasteiger partial charge in [0.1, 0.15) is 5.75 Å². The maximum Gasteiger partial charge on any atom is 0.220 e. The lowest BCUT2D eigenvalue weighted by Gasteiger charge is -2.13. The fourth-order valence-electron chi connectivity index (χ4n) is 2.51. The Morgan fingerprint density at radius 3 is 2.95 bits per heavy atom. The quantitative estimate of drug-likeness (QED) is 0.873. The van der Waals surface area contributed by atoms with Crippen molar-refractivity contribution in [2.24, 2.45) is 0 Å². The zero-order chi connectivity index (χ0) is 13.7. The highest BCUT2D eigenvalue weighted by Gasteiger charge is 2.20. The number of hydrogen-bond donors (Lipinski definition) is 1. The number of benzene rings is 1. The van der Waals surface area contributed by atoms with E-state index >= 15 is 0 Å². The van der Waals surface area contributed by atoms with Gasteiger partial charge >= 0.3 is 0 Å². The van der Waals surface area contributed by atoms with E-state index in [0.717, 1.165) is 37.2 Å². The van der Waals surface area contributed by atoms with Gasteiger partial charge in [0.05, 0.1) is 7.11 Å². The highest BCUT2D eigenvalue weighted by atomic mass is 16.5. The van der Waals surface area contributed by atoms with Crippen molar-refractivity contribution in [3.63, 3.8) is 0 Å². The summed E-state index contributed by atoms with van der Waals surface area (Å²) in [5.41, 5.74) is 1.09. The molecule has 0 aromatic heterocycles. The monoisotopic (exact) mass is 262 g/mol. The highest BCUT2D eigenvalue weighted by molar-refractivity contribution is 5.76. The number of amides is 1. The van der Waals surface area contributed by atoms with Crippen LogP contribution in [0.4, 0.5) is 0 Å². The maximum absolute atomic E-state index is 11.9. The molecule has 1 aromatic carbocycles. The van der Waals surface area contributed by atoms with Crippen LogP contribution in [-0.4, -0.2) is 44.1 Å². The Morgan fingerprint density at radius 1 is 1.47 bits per heavy atom. The average molecular weight is 262 g/mol. The lowest BCUT2D eigenvalue weighted by Crippen LogP contribution is -2.36. The van der Waals surface area contributed by atoms with Crippen LogP contribution in [-0.2, 0) is 11.2 Å². The van der Waals surface area contributed by atoms with Crippen molar-refractivity contribution in [2.75, 3.05) is 27.2 Å². The number of hydrogen-bond acceptors (Lipinski definition) is 3. The van der Waals surface area contributed by atoms with E-state index in [1.54, 1.807) is 7.11 Å². The third kappa shape index (κ3) is 3.96. The molecule has 1 fully saturated rings. The third-order valence-electron chi connectivity index (χ3n) is 3.57. The van der Waals surface area contributed by atoms with Gasteiger partial charge in [0.25, 0.3) is 0 Å². The molecule has 0 saturated carbocycles. The van der Waals surface area contributed by atoms with Crippen LogP contribution in [0.25, 0.3) is 0 Å². The standard InChI is InChI=1S/C15H22N2O2/c1-17-10-9-13(11-17)16-15(18)8-7-12-5-3-4-6-14(12)19-2/h3-6,13H,7-11H2,1-2H3,(H,16,18). The Hall–Kier alpha value is -1.55. The van der Waals surface area contributed by atoms with Crippen molar-refractivity contribution in [3.05, 3.63) is 29.8 Å². The van der Waals surface area contributed by atoms with Crippen molar-refractivity contribution in [3.8, 4) is 5.75 Å². The van der Waals surface area contributed by atoms with Gasteiger partial charge in [0.15, 0.2) is 0 Å². The Kier molecular flexibility index (Phi) is 4.80. The number of aryl methyl sites for hydroxylation is 1. The predicted molar refractivity (Wildman–Crippen MR) is 75.4 cm³/mol. The van der Waals surface area contributed by atoms with Crippen LogP contribution in [0.1, 0.15) is 18.4 Å². The first-order valence-electron chi connectivity index (χ1n) is 6.79. The minimum Gasteiger partial charge on any atom is -0.496 e. The number of likely N-dealkylation sites (tertiary alicyclic amines) is 1. The van der Waals surface area contributed by atoms with Gasteiger partial charge in [0, 0.05) is 19.0 Å². The van der Waals surface area contributed by atoms with Gasteiger partial charge < -0.3 is 15.0 Å². The lowest BCUT2D eigenvalue weighted by molar-refractivity contribution is -0.121. The Bertz CT molecular complexity index is 434. The van der Waals surface area contributed by atoms with Gasteiger partial charge in [-0.05, 0) is 38.1 Å². The fourth-order valence-corrected chi connectivity index (χ4v) is 2.51. The van der Waals surface area contributed by atoms with E-state index in [2.05, 4.69) is 17.3 Å². The first-order chi connectivity index (χ1) is 9.19. The molecular weight excluding hydrogens is 240 g/mol. The topological polar surface area (TPSA) is 41.6 Å². The molecule has 1 amide bonds. The van der Waals surface area contributed by atoms with E-state index in [1.807, 2.05) is 24.3 Å². The Balaban J connectivity index is 1.80. The number of para-hydroxylation sites is 1. The van der Waals surface area contributed by atoms with E-state index in [0.29, 0.717) is 12.5 Å². The normalized spacial score (nSPS) is 19.4. The molecule has 4 nitrogen and oxygen atoms in total. The number of carbonyl (C=O) groups excluding carboxylic acids is 1. The molecule has 1 aliphatic heterocycles. The fraction of sp³-hybridized carbons (Fsp3) is 0.533. The molecule has 4 heteroatoms. The number of carbonyl (C=O) groups is 1. The van der Waals surface area contributed by atoms with Gasteiger partial charge in [0.2, 0.25) is 5.91 Å². The first kappa shape index (κ1) is 13.9. The average Bonchev–Trinajstić information content (AvgIpc) is 2.82. The summed E-state index contributed by atoms with van der Waals surface area (Å²) in [4.78, 5) is 14.1. The zero-order valence-electron chi connectivity index (χ0n) is 11.7. The Labute approximate surface area is 114 Å². The number of nitrogens with one attached hydrogen (secondary N) is 1. The third-order valence-corrected chi connectivity index (χ3v) is 3.57. The van der Waals surface area contributed by atoms with Gasteiger partial charge in [-0.2, -0.15) is 0 Å². The van der Waals surface area contributed by atoms with E-state index in [1.165, 1.54) is 0 Å². The predicted octanol–water partition coefficient (Wildman–Crippen LogP) is 1.45. The first-order valence-corrected chi connectivity index (χ1v) is 6.79. The minimum absolute atomic E-state index is 0.131. The molecule has 1 heterocycles. The molecule has 104 valence electrons. The van der Waals surface area contributed by atoms with Gasteiger partial charge in [-0.25, -0.2) is 0 Å². The largest absolute Gasteiger partial charge is 0.496 e. The molecule has 0 aliphatic carbocycles. The molecule has 1 atom stereocenters. The van der Waals surface area contributed by atoms with Crippen molar-refractivity contribution in [1.82, 2.24) is 10.2 Å². The van der Waals surface area contributed by atoms with Gasteiger partial charge in [-0.3, -0.25) is 4.79 Å². The van der Waals surface area contributed by atoms with Gasteiger partial charge in [-0.15, -0.1) is 0 Å². The maximum atomic E-state index is 11.9. The molecule has 0 spiro atoms. The summed E-state index contributed by atoms with van der Waals surface area (Å²) in [5.74, 6) is 0.988. The van der Waals surface area contributed by atoms with Crippen LogP contribution in [0, 0.1) is 0 Å². The minimum atomic E-state index is 0.131. The second-order valence-electron chi connectivity index (χ2n) is 5.13. The number of likely N-dealkylation sites (N-methyl/N-ethyl adjacent to an activating group) is 1. The summed E-state index contributed by atoms with van der Waals surface area (Å²) in [5, 5.41) is 3.10. The molecule has 2 rings (SSSR count). The summed E-state index contributed by atoms with van der Waals surface area (Å²) in [6.45, 7) is 2.03. The van der Waals surface area contributed by atoms with E-state index in [4.69, 9.17) is 4.74 Å². The van der Waals surface area contributed by atoms with Crippen LogP contribution >= 0.6 is 0 Å². The van der Waals surface area contributed by atoms with E-state index < -0.39 is 0 Å². The Morgan fingerprint density at radius 2 is 2.26 bits per heavy atom. The SMILES string of the molecule is COc1ccccc1CCC(=O)NC1CCN(C)C1. The van der Waals surface area contributed by atoms with E-state index in [9.17, 15) is 4.79 Å². The number of rotatable bonds is 5. The van der Waals surface area contributed by atoms with Crippen molar-refractivity contribution in [1.29, 1.82) is 0 Å². The molecule has 0 radical (unpaired) electrons. The summed E-state index contributed by atoms with van der Waals surface area (Å²) in [6, 6.07) is 8.17. The summed E-state index contributed by atoms with van der Waals surface area (Å²) in [6.07, 6.45) is 2.29. The molecule has 1 aromatic rings. The molecule has 1 aliphatic rings. The molecule has 1 saturated heterocycles. The number of methoxy groups -OCH3 is 1. The second-order valence-corrected chi connectivity index (χ2v) is 5.13. The van der Waals surface area contributed by atoms with Crippen molar-refractivity contribution >= 4 is 5.91 Å². The van der Waals surface area contributed by atoms with Crippen LogP contribution in [0.2, 0.25) is 0 Å².